The van der Waals surface area contributed by atoms with Gasteiger partial charge in [0.25, 0.3) is 0 Å². The van der Waals surface area contributed by atoms with Crippen LogP contribution in [0.3, 0.4) is 0 Å². The van der Waals surface area contributed by atoms with Crippen LogP contribution in [-0.4, -0.2) is 52.5 Å². The smallest absolute Gasteiger partial charge is 0.137 e. The van der Waals surface area contributed by atoms with Crippen LogP contribution in [0.4, 0.5) is 0 Å². The molecule has 0 aromatic carbocycles. The largest absolute Gasteiger partial charge is 0.388 e. The predicted octanol–water partition coefficient (Wildman–Crippen LogP) is -1.19. The third kappa shape index (κ3) is 2.43. The molecule has 1 saturated heterocycles. The van der Waals surface area contributed by atoms with Crippen LogP contribution < -0.4 is 5.32 Å². The van der Waals surface area contributed by atoms with E-state index in [1.807, 2.05) is 6.92 Å². The van der Waals surface area contributed by atoms with Gasteiger partial charge in [0.15, 0.2) is 0 Å². The Morgan fingerprint density at radius 3 is 2.36 bits per heavy atom. The van der Waals surface area contributed by atoms with Crippen LogP contribution in [0.25, 0.3) is 0 Å². The summed E-state index contributed by atoms with van der Waals surface area (Å²) in [5.41, 5.74) is 0. The molecular weight excluding hydrogens is 186 g/mol. The Balaban J connectivity index is 2.52. The van der Waals surface area contributed by atoms with E-state index in [4.69, 9.17) is 4.74 Å². The summed E-state index contributed by atoms with van der Waals surface area (Å²) in [7, 11) is 0. The second kappa shape index (κ2) is 5.04. The van der Waals surface area contributed by atoms with Crippen molar-refractivity contribution in [1.82, 2.24) is 5.32 Å². The molecule has 4 N–H and O–H groups in total. The second-order valence-electron chi connectivity index (χ2n) is 3.69. The molecule has 5 atom stereocenters. The van der Waals surface area contributed by atoms with Crippen LogP contribution in [0.5, 0.6) is 0 Å². The summed E-state index contributed by atoms with van der Waals surface area (Å²) in [4.78, 5) is 0. The Kier molecular flexibility index (Phi) is 4.28. The van der Waals surface area contributed by atoms with E-state index >= 15 is 0 Å². The second-order valence-corrected chi connectivity index (χ2v) is 3.69. The maximum atomic E-state index is 9.55. The Morgan fingerprint density at radius 2 is 1.79 bits per heavy atom. The third-order valence-corrected chi connectivity index (χ3v) is 2.45. The fourth-order valence-electron chi connectivity index (χ4n) is 1.51. The summed E-state index contributed by atoms with van der Waals surface area (Å²) in [5, 5.41) is 31.4. The van der Waals surface area contributed by atoms with Crippen molar-refractivity contribution in [2.45, 2.75) is 50.9 Å². The molecule has 0 spiro atoms. The van der Waals surface area contributed by atoms with Gasteiger partial charge in [0.1, 0.15) is 24.5 Å². The summed E-state index contributed by atoms with van der Waals surface area (Å²) < 4.78 is 5.31. The minimum atomic E-state index is -1.15. The molecule has 0 aromatic rings. The third-order valence-electron chi connectivity index (χ3n) is 2.45. The number of aliphatic hydroxyl groups is 3. The van der Waals surface area contributed by atoms with Crippen molar-refractivity contribution in [2.24, 2.45) is 0 Å². The van der Waals surface area contributed by atoms with E-state index in [9.17, 15) is 15.3 Å². The molecule has 0 bridgehead atoms. The van der Waals surface area contributed by atoms with E-state index in [1.54, 1.807) is 6.92 Å². The molecule has 0 aromatic heterocycles. The normalized spacial score (nSPS) is 43.9. The lowest BCUT2D eigenvalue weighted by molar-refractivity contribution is -0.224. The molecule has 5 heteroatoms. The maximum absolute atomic E-state index is 9.55. The van der Waals surface area contributed by atoms with Gasteiger partial charge in [0.2, 0.25) is 0 Å². The summed E-state index contributed by atoms with van der Waals surface area (Å²) in [6.45, 7) is 4.37. The first-order valence-corrected chi connectivity index (χ1v) is 5.01. The number of rotatable bonds is 3. The molecular formula is C9H19NO4. The minimum absolute atomic E-state index is 0.470. The first kappa shape index (κ1) is 11.9. The zero-order chi connectivity index (χ0) is 10.7. The standard InChI is InChI=1S/C9H19NO4/c1-3-4-10-9-8(13)7(12)6(11)5(2)14-9/h5-13H,3-4H2,1-2H3/t5?,6-,7?,8-,9?/m0/s1. The molecule has 1 aliphatic rings. The highest BCUT2D eigenvalue weighted by Gasteiger charge is 2.41. The zero-order valence-corrected chi connectivity index (χ0v) is 8.55. The molecule has 1 rings (SSSR count). The Labute approximate surface area is 83.7 Å². The highest BCUT2D eigenvalue weighted by atomic mass is 16.5. The molecule has 0 radical (unpaired) electrons. The van der Waals surface area contributed by atoms with Crippen molar-refractivity contribution < 1.29 is 20.1 Å². The van der Waals surface area contributed by atoms with Crippen molar-refractivity contribution in [1.29, 1.82) is 0 Å². The average Bonchev–Trinajstić information content (AvgIpc) is 2.18. The average molecular weight is 205 g/mol. The van der Waals surface area contributed by atoms with Crippen LogP contribution in [0, 0.1) is 0 Å². The zero-order valence-electron chi connectivity index (χ0n) is 8.55. The molecule has 1 fully saturated rings. The van der Waals surface area contributed by atoms with Gasteiger partial charge in [-0.3, -0.25) is 5.32 Å². The van der Waals surface area contributed by atoms with E-state index in [2.05, 4.69) is 5.32 Å². The maximum Gasteiger partial charge on any atom is 0.137 e. The highest BCUT2D eigenvalue weighted by molar-refractivity contribution is 4.89. The van der Waals surface area contributed by atoms with Crippen LogP contribution in [0.2, 0.25) is 0 Å². The van der Waals surface area contributed by atoms with Crippen LogP contribution in [0.1, 0.15) is 20.3 Å². The van der Waals surface area contributed by atoms with Gasteiger partial charge in [0, 0.05) is 0 Å². The van der Waals surface area contributed by atoms with Gasteiger partial charge in [-0.05, 0) is 19.9 Å². The predicted molar refractivity (Wildman–Crippen MR) is 50.6 cm³/mol. The molecule has 3 unspecified atom stereocenters. The molecule has 0 amide bonds. The number of hydrogen-bond donors (Lipinski definition) is 4. The summed E-state index contributed by atoms with van der Waals surface area (Å²) in [6, 6.07) is 0. The van der Waals surface area contributed by atoms with E-state index < -0.39 is 30.6 Å². The number of ether oxygens (including phenoxy) is 1. The SMILES string of the molecule is CCCNC1OC(C)[C@H](O)C(O)[C@@H]1O. The summed E-state index contributed by atoms with van der Waals surface area (Å²) in [6.07, 6.45) is -3.39. The quantitative estimate of drug-likeness (QED) is 0.466. The Hall–Kier alpha value is -0.200. The molecule has 14 heavy (non-hydrogen) atoms. The van der Waals surface area contributed by atoms with Crippen molar-refractivity contribution in [2.75, 3.05) is 6.54 Å². The summed E-state index contributed by atoms with van der Waals surface area (Å²) >= 11 is 0. The fraction of sp³-hybridized carbons (Fsp3) is 1.00. The van der Waals surface area contributed by atoms with Crippen LogP contribution in [0.15, 0.2) is 0 Å². The monoisotopic (exact) mass is 205 g/mol. The van der Waals surface area contributed by atoms with Gasteiger partial charge in [0.05, 0.1) is 6.10 Å². The fourth-order valence-corrected chi connectivity index (χ4v) is 1.51. The molecule has 0 aliphatic carbocycles. The van der Waals surface area contributed by atoms with E-state index in [1.165, 1.54) is 0 Å². The van der Waals surface area contributed by atoms with Gasteiger partial charge in [-0.15, -0.1) is 0 Å². The summed E-state index contributed by atoms with van der Waals surface area (Å²) in [5.74, 6) is 0. The topological polar surface area (TPSA) is 82.0 Å². The molecule has 84 valence electrons. The van der Waals surface area contributed by atoms with E-state index in [-0.39, 0.29) is 0 Å². The number of nitrogens with one attached hydrogen (secondary N) is 1. The van der Waals surface area contributed by atoms with Crippen molar-refractivity contribution in [3.05, 3.63) is 0 Å². The first-order valence-electron chi connectivity index (χ1n) is 5.01. The highest BCUT2D eigenvalue weighted by Crippen LogP contribution is 2.19. The minimum Gasteiger partial charge on any atom is -0.388 e. The molecule has 0 saturated carbocycles. The molecule has 1 heterocycles. The van der Waals surface area contributed by atoms with Crippen LogP contribution >= 0.6 is 0 Å². The van der Waals surface area contributed by atoms with Gasteiger partial charge in [-0.1, -0.05) is 6.92 Å². The number of hydrogen-bond acceptors (Lipinski definition) is 5. The van der Waals surface area contributed by atoms with Crippen molar-refractivity contribution in [3.63, 3.8) is 0 Å². The Bertz CT molecular complexity index is 178. The van der Waals surface area contributed by atoms with Gasteiger partial charge < -0.3 is 20.1 Å². The van der Waals surface area contributed by atoms with E-state index in [0.29, 0.717) is 6.54 Å². The molecule has 1 aliphatic heterocycles. The first-order chi connectivity index (χ1) is 6.57. The lowest BCUT2D eigenvalue weighted by atomic mass is 9.99. The lowest BCUT2D eigenvalue weighted by Crippen LogP contribution is -2.60. The van der Waals surface area contributed by atoms with Crippen molar-refractivity contribution in [3.8, 4) is 0 Å². The van der Waals surface area contributed by atoms with Gasteiger partial charge in [-0.25, -0.2) is 0 Å². The van der Waals surface area contributed by atoms with Gasteiger partial charge in [-0.2, -0.15) is 0 Å². The lowest BCUT2D eigenvalue weighted by Gasteiger charge is -2.39. The Morgan fingerprint density at radius 1 is 1.14 bits per heavy atom. The van der Waals surface area contributed by atoms with E-state index in [0.717, 1.165) is 6.42 Å². The van der Waals surface area contributed by atoms with Gasteiger partial charge >= 0.3 is 0 Å². The van der Waals surface area contributed by atoms with Crippen LogP contribution in [-0.2, 0) is 4.74 Å². The number of aliphatic hydroxyl groups excluding tert-OH is 3. The molecule has 5 nitrogen and oxygen atoms in total. The van der Waals surface area contributed by atoms with Crippen molar-refractivity contribution >= 4 is 0 Å².